The summed E-state index contributed by atoms with van der Waals surface area (Å²) in [5.74, 6) is 4.54. The summed E-state index contributed by atoms with van der Waals surface area (Å²) in [4.78, 5) is 15.9. The van der Waals surface area contributed by atoms with Gasteiger partial charge in [0.25, 0.3) is 5.91 Å². The minimum absolute atomic E-state index is 0.0831. The Hall–Kier alpha value is -1.83. The van der Waals surface area contributed by atoms with Gasteiger partial charge in [0.05, 0.1) is 0 Å². The van der Waals surface area contributed by atoms with Gasteiger partial charge in [0.2, 0.25) is 0 Å². The summed E-state index contributed by atoms with van der Waals surface area (Å²) >= 11 is 0. The predicted octanol–water partition coefficient (Wildman–Crippen LogP) is 1.00. The molecule has 0 aliphatic carbocycles. The van der Waals surface area contributed by atoms with Gasteiger partial charge < -0.3 is 10.3 Å². The molecule has 0 spiro atoms. The van der Waals surface area contributed by atoms with E-state index in [1.807, 2.05) is 0 Å². The quantitative estimate of drug-likeness (QED) is 0.618. The fourth-order valence-electron chi connectivity index (χ4n) is 1.20. The van der Waals surface area contributed by atoms with Gasteiger partial charge in [-0.25, -0.2) is 10.8 Å². The number of nitrogens with zero attached hydrogens (tertiary/aromatic N) is 2. The van der Waals surface area contributed by atoms with Gasteiger partial charge in [-0.15, -0.1) is 0 Å². The van der Waals surface area contributed by atoms with Crippen LogP contribution in [-0.4, -0.2) is 35.6 Å². The largest absolute Gasteiger partial charge is 0.406 e. The Kier molecular flexibility index (Phi) is 3.89. The third-order valence-corrected chi connectivity index (χ3v) is 1.92. The number of nitrogens with two attached hydrogens (primary N) is 1. The van der Waals surface area contributed by atoms with Crippen LogP contribution < -0.4 is 11.3 Å². The van der Waals surface area contributed by atoms with E-state index in [-0.39, 0.29) is 11.4 Å². The van der Waals surface area contributed by atoms with E-state index in [1.165, 1.54) is 18.3 Å². The predicted molar refractivity (Wildman–Crippen MR) is 55.1 cm³/mol. The third-order valence-electron chi connectivity index (χ3n) is 1.92. The summed E-state index contributed by atoms with van der Waals surface area (Å²) < 4.78 is 36.3. The molecule has 1 aromatic heterocycles. The maximum atomic E-state index is 12.1. The number of carbonyl (C=O) groups is 1. The maximum Gasteiger partial charge on any atom is 0.406 e. The summed E-state index contributed by atoms with van der Waals surface area (Å²) in [6.45, 7) is -1.31. The first kappa shape index (κ1) is 13.2. The van der Waals surface area contributed by atoms with Crippen molar-refractivity contribution >= 4 is 11.7 Å². The number of nitrogens with one attached hydrogen (secondary N) is 1. The second-order valence-electron chi connectivity index (χ2n) is 3.35. The number of rotatable bonds is 3. The molecule has 0 saturated heterocycles. The van der Waals surface area contributed by atoms with E-state index >= 15 is 0 Å². The standard InChI is InChI=1S/C9H11F3N4O/c1-16(5-9(10,11)12)8(17)6-2-3-14-7(4-6)15-13/h2-4H,5,13H2,1H3,(H,14,15). The molecule has 17 heavy (non-hydrogen) atoms. The fraction of sp³-hybridized carbons (Fsp3) is 0.333. The minimum atomic E-state index is -4.42. The molecule has 0 aliphatic heterocycles. The van der Waals surface area contributed by atoms with Gasteiger partial charge in [0.1, 0.15) is 12.4 Å². The van der Waals surface area contributed by atoms with Crippen molar-refractivity contribution in [3.05, 3.63) is 23.9 Å². The monoisotopic (exact) mass is 248 g/mol. The molecule has 0 unspecified atom stereocenters. The highest BCUT2D eigenvalue weighted by Crippen LogP contribution is 2.17. The average molecular weight is 248 g/mol. The molecular formula is C9H11F3N4O. The maximum absolute atomic E-state index is 12.1. The van der Waals surface area contributed by atoms with Crippen LogP contribution in [0.5, 0.6) is 0 Å². The van der Waals surface area contributed by atoms with Crippen LogP contribution in [0, 0.1) is 0 Å². The Morgan fingerprint density at radius 3 is 2.76 bits per heavy atom. The van der Waals surface area contributed by atoms with Crippen molar-refractivity contribution in [2.75, 3.05) is 19.0 Å². The molecule has 0 aromatic carbocycles. The van der Waals surface area contributed by atoms with Crippen LogP contribution in [0.15, 0.2) is 18.3 Å². The molecular weight excluding hydrogens is 237 g/mol. The van der Waals surface area contributed by atoms with E-state index in [0.29, 0.717) is 4.90 Å². The zero-order chi connectivity index (χ0) is 13.1. The van der Waals surface area contributed by atoms with Gasteiger partial charge in [-0.05, 0) is 12.1 Å². The van der Waals surface area contributed by atoms with Gasteiger partial charge in [-0.1, -0.05) is 0 Å². The molecule has 0 atom stereocenters. The Labute approximate surface area is 95.4 Å². The first-order valence-electron chi connectivity index (χ1n) is 4.58. The van der Waals surface area contributed by atoms with Gasteiger partial charge in [-0.3, -0.25) is 4.79 Å². The Balaban J connectivity index is 2.81. The van der Waals surface area contributed by atoms with Crippen LogP contribution in [0.3, 0.4) is 0 Å². The van der Waals surface area contributed by atoms with Crippen molar-refractivity contribution in [3.63, 3.8) is 0 Å². The van der Waals surface area contributed by atoms with Crippen LogP contribution in [0.2, 0.25) is 0 Å². The number of alkyl halides is 3. The van der Waals surface area contributed by atoms with Gasteiger partial charge in [0.15, 0.2) is 0 Å². The topological polar surface area (TPSA) is 71.2 Å². The number of halogens is 3. The van der Waals surface area contributed by atoms with Crippen LogP contribution >= 0.6 is 0 Å². The Morgan fingerprint density at radius 1 is 1.59 bits per heavy atom. The van der Waals surface area contributed by atoms with Crippen molar-refractivity contribution in [2.45, 2.75) is 6.18 Å². The summed E-state index contributed by atoms with van der Waals surface area (Å²) in [5.41, 5.74) is 2.29. The molecule has 0 fully saturated rings. The second-order valence-corrected chi connectivity index (χ2v) is 3.35. The number of pyridine rings is 1. The zero-order valence-electron chi connectivity index (χ0n) is 8.95. The molecule has 0 saturated carbocycles. The van der Waals surface area contributed by atoms with E-state index in [1.54, 1.807) is 0 Å². The Morgan fingerprint density at radius 2 is 2.24 bits per heavy atom. The number of aromatic nitrogens is 1. The molecule has 1 heterocycles. The lowest BCUT2D eigenvalue weighted by molar-refractivity contribution is -0.138. The lowest BCUT2D eigenvalue weighted by Crippen LogP contribution is -2.35. The van der Waals surface area contributed by atoms with E-state index in [0.717, 1.165) is 7.05 Å². The van der Waals surface area contributed by atoms with E-state index < -0.39 is 18.6 Å². The van der Waals surface area contributed by atoms with Crippen LogP contribution in [0.1, 0.15) is 10.4 Å². The van der Waals surface area contributed by atoms with Crippen LogP contribution in [0.25, 0.3) is 0 Å². The summed E-state index contributed by atoms with van der Waals surface area (Å²) in [5, 5.41) is 0. The summed E-state index contributed by atoms with van der Waals surface area (Å²) in [6.07, 6.45) is -3.14. The van der Waals surface area contributed by atoms with E-state index in [4.69, 9.17) is 5.84 Å². The molecule has 5 nitrogen and oxygen atoms in total. The fourth-order valence-corrected chi connectivity index (χ4v) is 1.20. The molecule has 0 radical (unpaired) electrons. The van der Waals surface area contributed by atoms with Gasteiger partial charge >= 0.3 is 6.18 Å². The summed E-state index contributed by atoms with van der Waals surface area (Å²) in [6, 6.07) is 2.59. The number of hydrogen-bond acceptors (Lipinski definition) is 4. The van der Waals surface area contributed by atoms with Crippen molar-refractivity contribution < 1.29 is 18.0 Å². The van der Waals surface area contributed by atoms with Crippen molar-refractivity contribution in [1.29, 1.82) is 0 Å². The second kappa shape index (κ2) is 5.00. The van der Waals surface area contributed by atoms with Crippen LogP contribution in [0.4, 0.5) is 19.0 Å². The molecule has 1 rings (SSSR count). The first-order chi connectivity index (χ1) is 7.83. The number of anilines is 1. The lowest BCUT2D eigenvalue weighted by atomic mass is 10.2. The van der Waals surface area contributed by atoms with Crippen LogP contribution in [-0.2, 0) is 0 Å². The van der Waals surface area contributed by atoms with E-state index in [9.17, 15) is 18.0 Å². The number of carbonyl (C=O) groups excluding carboxylic acids is 1. The number of hydrogen-bond donors (Lipinski definition) is 2. The SMILES string of the molecule is CN(CC(F)(F)F)C(=O)c1ccnc(NN)c1. The number of amides is 1. The highest BCUT2D eigenvalue weighted by Gasteiger charge is 2.31. The number of nitrogen functional groups attached to an aromatic ring is 1. The smallest absolute Gasteiger partial charge is 0.333 e. The molecule has 1 amide bonds. The third kappa shape index (κ3) is 3.91. The lowest BCUT2D eigenvalue weighted by Gasteiger charge is -2.19. The average Bonchev–Trinajstić information content (AvgIpc) is 2.26. The summed E-state index contributed by atoms with van der Waals surface area (Å²) in [7, 11) is 1.08. The normalized spacial score (nSPS) is 11.1. The van der Waals surface area contributed by atoms with Gasteiger partial charge in [0, 0.05) is 18.8 Å². The van der Waals surface area contributed by atoms with Crippen molar-refractivity contribution in [1.82, 2.24) is 9.88 Å². The molecule has 0 aliphatic rings. The van der Waals surface area contributed by atoms with Crippen molar-refractivity contribution in [2.24, 2.45) is 5.84 Å². The molecule has 0 bridgehead atoms. The highest BCUT2D eigenvalue weighted by molar-refractivity contribution is 5.94. The number of hydrazine groups is 1. The molecule has 3 N–H and O–H groups in total. The zero-order valence-corrected chi connectivity index (χ0v) is 8.95. The highest BCUT2D eigenvalue weighted by atomic mass is 19.4. The first-order valence-corrected chi connectivity index (χ1v) is 4.58. The van der Waals surface area contributed by atoms with E-state index in [2.05, 4.69) is 10.4 Å². The molecule has 94 valence electrons. The molecule has 8 heteroatoms. The minimum Gasteiger partial charge on any atom is -0.333 e. The molecule has 1 aromatic rings. The van der Waals surface area contributed by atoms with Crippen molar-refractivity contribution in [3.8, 4) is 0 Å². The Bertz CT molecular complexity index is 407. The van der Waals surface area contributed by atoms with Gasteiger partial charge in [-0.2, -0.15) is 13.2 Å².